The van der Waals surface area contributed by atoms with Gasteiger partial charge < -0.3 is 10.6 Å². The maximum absolute atomic E-state index is 12.9. The number of rotatable bonds is 6. The fourth-order valence-corrected chi connectivity index (χ4v) is 3.41. The molecular formula is C24H22N10O. The Hall–Kier alpha value is -4.93. The molecule has 4 aromatic heterocycles. The number of amides is 1. The molecule has 0 saturated heterocycles. The molecule has 1 amide bonds. The van der Waals surface area contributed by atoms with Gasteiger partial charge in [0.1, 0.15) is 23.7 Å². The molecule has 1 aromatic carbocycles. The molecule has 0 spiro atoms. The van der Waals surface area contributed by atoms with E-state index in [1.54, 1.807) is 35.3 Å². The lowest BCUT2D eigenvalue weighted by atomic mass is 10.1. The first kappa shape index (κ1) is 21.9. The Morgan fingerprint density at radius 1 is 1.11 bits per heavy atom. The van der Waals surface area contributed by atoms with Crippen LogP contribution in [0.4, 0.5) is 17.3 Å². The Morgan fingerprint density at radius 3 is 2.71 bits per heavy atom. The number of nitrogens with zero attached hydrogens (tertiary/aromatic N) is 7. The lowest BCUT2D eigenvalue weighted by Gasteiger charge is -2.12. The highest BCUT2D eigenvalue weighted by atomic mass is 16.1. The van der Waals surface area contributed by atoms with Gasteiger partial charge in [-0.25, -0.2) is 24.9 Å². The van der Waals surface area contributed by atoms with Gasteiger partial charge in [0.05, 0.1) is 17.6 Å². The van der Waals surface area contributed by atoms with Crippen LogP contribution >= 0.6 is 0 Å². The van der Waals surface area contributed by atoms with E-state index in [-0.39, 0.29) is 5.91 Å². The van der Waals surface area contributed by atoms with Crippen molar-refractivity contribution in [3.05, 3.63) is 78.4 Å². The van der Waals surface area contributed by atoms with Crippen LogP contribution in [0.25, 0.3) is 22.6 Å². The van der Waals surface area contributed by atoms with Crippen LogP contribution in [0, 0.1) is 13.8 Å². The molecular weight excluding hydrogens is 444 g/mol. The second-order valence-corrected chi connectivity index (χ2v) is 8.10. The van der Waals surface area contributed by atoms with Gasteiger partial charge in [0, 0.05) is 23.5 Å². The lowest BCUT2D eigenvalue weighted by Crippen LogP contribution is -2.13. The molecule has 11 heteroatoms. The van der Waals surface area contributed by atoms with Crippen LogP contribution in [0.5, 0.6) is 0 Å². The van der Waals surface area contributed by atoms with E-state index in [0.717, 1.165) is 22.5 Å². The molecule has 0 bridgehead atoms. The number of carbonyl (C=O) groups is 1. The fraction of sp³-hybridized carbons (Fsp3) is 0.125. The normalized spacial score (nSPS) is 10.9. The van der Waals surface area contributed by atoms with Gasteiger partial charge in [0.25, 0.3) is 5.91 Å². The van der Waals surface area contributed by atoms with Crippen LogP contribution in [0.1, 0.15) is 34.2 Å². The Bertz CT molecular complexity index is 1580. The van der Waals surface area contributed by atoms with Gasteiger partial charge in [-0.05, 0) is 44.0 Å². The third-order valence-corrected chi connectivity index (χ3v) is 5.34. The minimum Gasteiger partial charge on any atom is -0.338 e. The number of allylic oxidation sites excluding steroid dienone is 1. The number of anilines is 3. The van der Waals surface area contributed by atoms with Crippen molar-refractivity contribution < 1.29 is 4.79 Å². The van der Waals surface area contributed by atoms with Gasteiger partial charge in [-0.2, -0.15) is 5.10 Å². The molecule has 0 radical (unpaired) electrons. The van der Waals surface area contributed by atoms with Gasteiger partial charge in [-0.1, -0.05) is 12.6 Å². The molecule has 11 nitrogen and oxygen atoms in total. The molecule has 4 heterocycles. The Morgan fingerprint density at radius 2 is 1.97 bits per heavy atom. The third kappa shape index (κ3) is 4.47. The second kappa shape index (κ2) is 8.78. The van der Waals surface area contributed by atoms with Crippen LogP contribution in [0.15, 0.2) is 55.9 Å². The largest absolute Gasteiger partial charge is 0.338 e. The smallest absolute Gasteiger partial charge is 0.256 e. The van der Waals surface area contributed by atoms with E-state index in [2.05, 4.69) is 52.3 Å². The first-order valence-electron chi connectivity index (χ1n) is 10.8. The summed E-state index contributed by atoms with van der Waals surface area (Å²) in [6.07, 6.45) is 6.57. The first-order chi connectivity index (χ1) is 16.9. The number of hydrogen-bond donors (Lipinski definition) is 3. The van der Waals surface area contributed by atoms with Crippen LogP contribution in [-0.4, -0.2) is 45.6 Å². The molecule has 3 N–H and O–H groups in total. The number of nitrogens with one attached hydrogen (secondary N) is 3. The third-order valence-electron chi connectivity index (χ3n) is 5.34. The molecule has 5 rings (SSSR count). The van der Waals surface area contributed by atoms with Gasteiger partial charge in [0.15, 0.2) is 11.6 Å². The van der Waals surface area contributed by atoms with E-state index >= 15 is 0 Å². The Labute approximate surface area is 200 Å². The molecule has 174 valence electrons. The molecule has 0 unspecified atom stereocenters. The zero-order valence-electron chi connectivity index (χ0n) is 19.4. The van der Waals surface area contributed by atoms with Crippen molar-refractivity contribution in [2.75, 3.05) is 10.6 Å². The number of carbonyl (C=O) groups excluding carboxylic acids is 1. The molecule has 0 fully saturated rings. The maximum atomic E-state index is 12.9. The Balaban J connectivity index is 1.44. The summed E-state index contributed by atoms with van der Waals surface area (Å²) in [6.45, 7) is 9.56. The molecule has 0 aliphatic rings. The SMILES string of the molecule is C=C(C)c1cc(NC(=O)c2ccc(C)c(Nc3ncnc4cnc(-n5cnc(C)c5)nc34)c2)n[nH]1. The zero-order valence-corrected chi connectivity index (χ0v) is 19.4. The van der Waals surface area contributed by atoms with E-state index in [9.17, 15) is 4.79 Å². The number of fused-ring (bicyclic) bond motifs is 1. The van der Waals surface area contributed by atoms with Gasteiger partial charge >= 0.3 is 0 Å². The number of hydrogen-bond acceptors (Lipinski definition) is 8. The van der Waals surface area contributed by atoms with Gasteiger partial charge in [0.2, 0.25) is 5.95 Å². The van der Waals surface area contributed by atoms with Crippen molar-refractivity contribution in [1.82, 2.24) is 39.7 Å². The monoisotopic (exact) mass is 466 g/mol. The summed E-state index contributed by atoms with van der Waals surface area (Å²) in [6, 6.07) is 7.10. The minimum absolute atomic E-state index is 0.291. The van der Waals surface area contributed by atoms with E-state index < -0.39 is 0 Å². The number of benzene rings is 1. The van der Waals surface area contributed by atoms with Gasteiger partial charge in [-0.15, -0.1) is 0 Å². The number of aromatic nitrogens is 8. The van der Waals surface area contributed by atoms with E-state index in [4.69, 9.17) is 0 Å². The summed E-state index contributed by atoms with van der Waals surface area (Å²) in [5.74, 6) is 1.08. The zero-order chi connectivity index (χ0) is 24.5. The summed E-state index contributed by atoms with van der Waals surface area (Å²) in [5, 5.41) is 13.0. The average molecular weight is 467 g/mol. The highest BCUT2D eigenvalue weighted by Gasteiger charge is 2.14. The summed E-state index contributed by atoms with van der Waals surface area (Å²) in [4.78, 5) is 34.8. The van der Waals surface area contributed by atoms with E-state index in [0.29, 0.717) is 39.9 Å². The van der Waals surface area contributed by atoms with Crippen molar-refractivity contribution in [3.8, 4) is 5.95 Å². The fourth-order valence-electron chi connectivity index (χ4n) is 3.41. The minimum atomic E-state index is -0.291. The number of imidazole rings is 1. The highest BCUT2D eigenvalue weighted by Crippen LogP contribution is 2.25. The summed E-state index contributed by atoms with van der Waals surface area (Å²) < 4.78 is 1.73. The molecule has 0 saturated carbocycles. The Kier molecular flexibility index (Phi) is 5.49. The lowest BCUT2D eigenvalue weighted by molar-refractivity contribution is 0.102. The van der Waals surface area contributed by atoms with Crippen molar-refractivity contribution in [2.24, 2.45) is 0 Å². The quantitative estimate of drug-likeness (QED) is 0.341. The molecule has 0 aliphatic heterocycles. The van der Waals surface area contributed by atoms with Crippen molar-refractivity contribution in [3.63, 3.8) is 0 Å². The standard InChI is InChI=1S/C24H22N10O/c1-13(2)17-8-20(33-32-17)30-23(35)16-6-5-14(3)18(7-16)29-22-21-19(26-11-27-22)9-25-24(31-21)34-10-15(4)28-12-34/h5-12H,1H2,2-4H3,(H,26,27,29)(H2,30,32,33,35). The maximum Gasteiger partial charge on any atom is 0.256 e. The summed E-state index contributed by atoms with van der Waals surface area (Å²) in [7, 11) is 0. The highest BCUT2D eigenvalue weighted by molar-refractivity contribution is 6.04. The predicted molar refractivity (Wildman–Crippen MR) is 133 cm³/mol. The number of H-pyrrole nitrogens is 1. The first-order valence-corrected chi connectivity index (χ1v) is 10.8. The average Bonchev–Trinajstić information content (AvgIpc) is 3.49. The molecule has 0 atom stereocenters. The topological polar surface area (TPSA) is 139 Å². The summed E-state index contributed by atoms with van der Waals surface area (Å²) >= 11 is 0. The van der Waals surface area contributed by atoms with Crippen LogP contribution < -0.4 is 10.6 Å². The number of aromatic amines is 1. The van der Waals surface area contributed by atoms with Crippen LogP contribution in [0.2, 0.25) is 0 Å². The molecule has 5 aromatic rings. The molecule has 0 aliphatic carbocycles. The van der Waals surface area contributed by atoms with Crippen LogP contribution in [-0.2, 0) is 0 Å². The predicted octanol–water partition coefficient (Wildman–Crippen LogP) is 3.97. The van der Waals surface area contributed by atoms with E-state index in [1.807, 2.05) is 33.0 Å². The van der Waals surface area contributed by atoms with Gasteiger partial charge in [-0.3, -0.25) is 14.5 Å². The van der Waals surface area contributed by atoms with E-state index in [1.165, 1.54) is 6.33 Å². The van der Waals surface area contributed by atoms with Crippen molar-refractivity contribution >= 4 is 39.8 Å². The molecule has 35 heavy (non-hydrogen) atoms. The van der Waals surface area contributed by atoms with Crippen LogP contribution in [0.3, 0.4) is 0 Å². The van der Waals surface area contributed by atoms with Crippen molar-refractivity contribution in [1.29, 1.82) is 0 Å². The number of aryl methyl sites for hydroxylation is 2. The summed E-state index contributed by atoms with van der Waals surface area (Å²) in [5.41, 5.74) is 5.66. The second-order valence-electron chi connectivity index (χ2n) is 8.10. The van der Waals surface area contributed by atoms with Crippen molar-refractivity contribution in [2.45, 2.75) is 20.8 Å².